The van der Waals surface area contributed by atoms with E-state index in [0.717, 1.165) is 43.0 Å². The summed E-state index contributed by atoms with van der Waals surface area (Å²) in [6, 6.07) is 1.58. The number of aromatic amines is 1. The molecular formula is C46H66N8O12. The molecule has 66 heavy (non-hydrogen) atoms. The number of para-hydroxylation sites is 1. The number of H-pyrrole nitrogens is 1. The minimum atomic E-state index is -1.60. The van der Waals surface area contributed by atoms with Gasteiger partial charge in [0.25, 0.3) is 0 Å². The first-order valence-electron chi connectivity index (χ1n) is 22.5. The summed E-state index contributed by atoms with van der Waals surface area (Å²) in [6.45, 7) is 1.13. The van der Waals surface area contributed by atoms with Gasteiger partial charge in [-0.25, -0.2) is 0 Å². The van der Waals surface area contributed by atoms with Crippen molar-refractivity contribution in [1.29, 1.82) is 0 Å². The van der Waals surface area contributed by atoms with Crippen LogP contribution in [-0.4, -0.2) is 124 Å². The summed E-state index contributed by atoms with van der Waals surface area (Å²) in [4.78, 5) is 120. The lowest BCUT2D eigenvalue weighted by atomic mass is 10.0. The number of nitrogens with two attached hydrogens (primary N) is 1. The lowest BCUT2D eigenvalue weighted by Crippen LogP contribution is -2.58. The van der Waals surface area contributed by atoms with Crippen LogP contribution in [0.1, 0.15) is 103 Å². The summed E-state index contributed by atoms with van der Waals surface area (Å²) in [5, 5.41) is 34.9. The highest BCUT2D eigenvalue weighted by molar-refractivity contribution is 5.95. The molecule has 20 nitrogen and oxygen atoms in total. The summed E-state index contributed by atoms with van der Waals surface area (Å²) in [7, 11) is 0. The zero-order chi connectivity index (χ0) is 48.4. The molecule has 0 saturated carbocycles. The van der Waals surface area contributed by atoms with E-state index in [0.29, 0.717) is 31.2 Å². The van der Waals surface area contributed by atoms with E-state index in [-0.39, 0.29) is 50.5 Å². The van der Waals surface area contributed by atoms with Gasteiger partial charge in [-0.2, -0.15) is 0 Å². The number of ether oxygens (including phenoxy) is 1. The van der Waals surface area contributed by atoms with Gasteiger partial charge in [-0.05, 0) is 70.1 Å². The number of hydrogen-bond acceptors (Lipinski definition) is 12. The van der Waals surface area contributed by atoms with E-state index < -0.39 is 90.7 Å². The third-order valence-corrected chi connectivity index (χ3v) is 10.7. The number of amides is 7. The van der Waals surface area contributed by atoms with Crippen LogP contribution >= 0.6 is 0 Å². The van der Waals surface area contributed by atoms with Crippen molar-refractivity contribution >= 4 is 64.0 Å². The van der Waals surface area contributed by atoms with Crippen molar-refractivity contribution < 1.29 is 58.1 Å². The van der Waals surface area contributed by atoms with Crippen LogP contribution in [0.15, 0.2) is 54.8 Å². The quantitative estimate of drug-likeness (QED) is 0.0314. The maximum atomic E-state index is 13.7. The third-order valence-electron chi connectivity index (χ3n) is 10.7. The first-order chi connectivity index (χ1) is 31.6. The first-order valence-corrected chi connectivity index (χ1v) is 22.5. The topological polar surface area (TPSA) is 317 Å². The van der Waals surface area contributed by atoms with Crippen LogP contribution in [0.4, 0.5) is 0 Å². The number of rotatable bonds is 23. The average molecular weight is 923 g/mol. The minimum Gasteiger partial charge on any atom is -0.459 e. The number of carbonyl (C=O) groups excluding carboxylic acids is 9. The zero-order valence-corrected chi connectivity index (χ0v) is 37.7. The van der Waals surface area contributed by atoms with Gasteiger partial charge in [-0.1, -0.05) is 55.7 Å². The minimum absolute atomic E-state index is 0.0117. The largest absolute Gasteiger partial charge is 0.459 e. The molecule has 0 aliphatic carbocycles. The molecule has 1 aliphatic rings. The Morgan fingerprint density at radius 2 is 1.61 bits per heavy atom. The number of aliphatic hydroxyl groups excluding tert-OH is 2. The van der Waals surface area contributed by atoms with Gasteiger partial charge in [0.1, 0.15) is 36.8 Å². The van der Waals surface area contributed by atoms with Crippen molar-refractivity contribution in [3.63, 3.8) is 0 Å². The highest BCUT2D eigenvalue weighted by Crippen LogP contribution is 2.19. The van der Waals surface area contributed by atoms with Crippen LogP contribution in [-0.2, 0) is 54.3 Å². The molecule has 1 aromatic heterocycles. The van der Waals surface area contributed by atoms with Gasteiger partial charge in [-0.3, -0.25) is 43.2 Å². The van der Waals surface area contributed by atoms with Gasteiger partial charge >= 0.3 is 5.97 Å². The molecule has 1 aromatic carbocycles. The van der Waals surface area contributed by atoms with Crippen LogP contribution in [0.2, 0.25) is 0 Å². The summed E-state index contributed by atoms with van der Waals surface area (Å²) >= 11 is 0. The van der Waals surface area contributed by atoms with Gasteiger partial charge < -0.3 is 57.6 Å². The maximum Gasteiger partial charge on any atom is 0.325 e. The normalized spacial score (nSPS) is 20.1. The summed E-state index contributed by atoms with van der Waals surface area (Å²) in [5.74, 6) is -6.48. The standard InChI is InChI=1S/C46H66N8O12/c1-29(56)15-9-5-3-6-10-16-32(57)17-11-7-4-8-12-20-39(59)51-35(21-22-38(47)58)44(63)54-42-30(2)66-41(61)27-50-43(62)37(28-55)53-45(64)36(52-40(60)23-24-48-46(42)65)25-31-26-49-34-19-14-13-18-33(31)34/h3,6,10,13-14,16,18-19,26,29-30,35-37,42,49,55-56H,4-5,7-9,11-12,15,17,20-25,27-28H2,1-2H3,(H2,47,58)(H,48,65)(H,50,62)(H,51,59)(H,52,60)(H,53,64)(H,54,63)/b6-3+,16-10+/t29-,30+,35+,36+,37+,42-/m0/s1. The van der Waals surface area contributed by atoms with Crippen molar-refractivity contribution in [2.45, 2.75) is 140 Å². The number of ketones is 1. The highest BCUT2D eigenvalue weighted by atomic mass is 16.5. The highest BCUT2D eigenvalue weighted by Gasteiger charge is 2.34. The Balaban J connectivity index is 1.61. The van der Waals surface area contributed by atoms with Crippen LogP contribution in [0.3, 0.4) is 0 Å². The van der Waals surface area contributed by atoms with Gasteiger partial charge in [0.2, 0.25) is 41.4 Å². The van der Waals surface area contributed by atoms with Crippen molar-refractivity contribution in [1.82, 2.24) is 36.9 Å². The lowest BCUT2D eigenvalue weighted by molar-refractivity contribution is -0.152. The Bertz CT molecular complexity index is 2030. The number of aromatic nitrogens is 1. The Morgan fingerprint density at radius 3 is 2.33 bits per heavy atom. The van der Waals surface area contributed by atoms with Gasteiger partial charge in [-0.15, -0.1) is 0 Å². The van der Waals surface area contributed by atoms with Gasteiger partial charge in [0.15, 0.2) is 5.78 Å². The van der Waals surface area contributed by atoms with Crippen LogP contribution in [0.5, 0.6) is 0 Å². The number of nitrogens with one attached hydrogen (secondary N) is 7. The molecule has 0 bridgehead atoms. The number of hydrogen-bond donors (Lipinski definition) is 10. The SMILES string of the molecule is C[C@H](O)CCC/C=C/C=C/C(=O)CCCCCCCC(=O)N[C@H](CCC(N)=O)C(=O)N[C@@H]1C(=O)NCCC(=O)N[C@H](Cc2c[nH]c3ccccc23)C(=O)N[C@H](CO)C(=O)NCC(=O)O[C@@H]1C. The number of cyclic esters (lactones) is 1. The molecule has 0 radical (unpaired) electrons. The van der Waals surface area contributed by atoms with Crippen molar-refractivity contribution in [2.24, 2.45) is 5.73 Å². The fraction of sp³-hybridized carbons (Fsp3) is 0.543. The number of benzene rings is 1. The average Bonchev–Trinajstić information content (AvgIpc) is 3.68. The molecule has 20 heteroatoms. The molecule has 1 fully saturated rings. The molecule has 7 amide bonds. The second kappa shape index (κ2) is 29.2. The monoisotopic (exact) mass is 922 g/mol. The molecule has 11 N–H and O–H groups in total. The number of aliphatic hydroxyl groups is 2. The molecule has 1 aliphatic heterocycles. The predicted octanol–water partition coefficient (Wildman–Crippen LogP) is 0.439. The first kappa shape index (κ1) is 53.9. The molecule has 2 aromatic rings. The van der Waals surface area contributed by atoms with Crippen molar-refractivity contribution in [3.05, 3.63) is 60.3 Å². The molecule has 0 spiro atoms. The van der Waals surface area contributed by atoms with E-state index in [4.69, 9.17) is 10.5 Å². The number of carbonyl (C=O) groups is 9. The fourth-order valence-electron chi connectivity index (χ4n) is 7.01. The number of allylic oxidation sites excluding steroid dienone is 4. The summed E-state index contributed by atoms with van der Waals surface area (Å²) in [5.41, 5.74) is 6.80. The van der Waals surface area contributed by atoms with Crippen molar-refractivity contribution in [3.8, 4) is 0 Å². The maximum absolute atomic E-state index is 13.7. The van der Waals surface area contributed by atoms with Crippen LogP contribution in [0, 0.1) is 0 Å². The molecule has 0 unspecified atom stereocenters. The Hall–Kier alpha value is -6.41. The Kier molecular flexibility index (Phi) is 23.9. The zero-order valence-electron chi connectivity index (χ0n) is 37.7. The number of esters is 1. The van der Waals surface area contributed by atoms with Crippen LogP contribution < -0.4 is 37.6 Å². The van der Waals surface area contributed by atoms with E-state index in [1.807, 2.05) is 30.4 Å². The number of unbranched alkanes of at least 4 members (excludes halogenated alkanes) is 5. The lowest BCUT2D eigenvalue weighted by Gasteiger charge is -2.27. The molecule has 1 saturated heterocycles. The number of fused-ring (bicyclic) bond motifs is 1. The van der Waals surface area contributed by atoms with Gasteiger partial charge in [0.05, 0.1) is 12.7 Å². The summed E-state index contributed by atoms with van der Waals surface area (Å²) in [6.07, 6.45) is 12.3. The smallest absolute Gasteiger partial charge is 0.325 e. The molecule has 362 valence electrons. The fourth-order valence-corrected chi connectivity index (χ4v) is 7.01. The van der Waals surface area contributed by atoms with E-state index in [1.54, 1.807) is 25.3 Å². The van der Waals surface area contributed by atoms with E-state index in [2.05, 4.69) is 36.9 Å². The molecule has 3 rings (SSSR count). The molecular weight excluding hydrogens is 857 g/mol. The number of primary amides is 1. The second-order valence-corrected chi connectivity index (χ2v) is 16.3. The molecule has 6 atom stereocenters. The Morgan fingerprint density at radius 1 is 0.879 bits per heavy atom. The predicted molar refractivity (Wildman–Crippen MR) is 243 cm³/mol. The van der Waals surface area contributed by atoms with E-state index >= 15 is 0 Å². The van der Waals surface area contributed by atoms with Gasteiger partial charge in [0, 0.05) is 55.7 Å². The second-order valence-electron chi connectivity index (χ2n) is 16.3. The van der Waals surface area contributed by atoms with Crippen LogP contribution in [0.25, 0.3) is 10.9 Å². The Labute approximate surface area is 384 Å². The van der Waals surface area contributed by atoms with E-state index in [9.17, 15) is 53.4 Å². The summed E-state index contributed by atoms with van der Waals surface area (Å²) < 4.78 is 5.38. The van der Waals surface area contributed by atoms with Crippen molar-refractivity contribution in [2.75, 3.05) is 19.7 Å². The third kappa shape index (κ3) is 20.2. The molecule has 2 heterocycles. The van der Waals surface area contributed by atoms with E-state index in [1.165, 1.54) is 13.0 Å².